The van der Waals surface area contributed by atoms with Crippen molar-refractivity contribution in [2.45, 2.75) is 31.6 Å². The molecule has 0 aromatic heterocycles. The van der Waals surface area contributed by atoms with Crippen LogP contribution < -0.4 is 11.1 Å². The highest BCUT2D eigenvalue weighted by Gasteiger charge is 2.07. The van der Waals surface area contributed by atoms with Crippen LogP contribution in [-0.4, -0.2) is 18.2 Å². The molecule has 0 bridgehead atoms. The summed E-state index contributed by atoms with van der Waals surface area (Å²) < 4.78 is 0. The molecule has 1 amide bonds. The average molecular weight is 252 g/mol. The van der Waals surface area contributed by atoms with E-state index in [4.69, 9.17) is 5.73 Å². The molecule has 0 aliphatic rings. The van der Waals surface area contributed by atoms with E-state index in [0.29, 0.717) is 11.3 Å². The number of nitrogen functional groups attached to an aromatic ring is 1. The molecule has 1 aromatic rings. The molecule has 94 valence electrons. The molecule has 17 heavy (non-hydrogen) atoms. The van der Waals surface area contributed by atoms with Gasteiger partial charge in [0.25, 0.3) is 5.91 Å². The van der Waals surface area contributed by atoms with Gasteiger partial charge >= 0.3 is 0 Å². The number of hydrogen-bond acceptors (Lipinski definition) is 3. The fourth-order valence-electron chi connectivity index (χ4n) is 1.46. The topological polar surface area (TPSA) is 55.1 Å². The van der Waals surface area contributed by atoms with Crippen LogP contribution in [-0.2, 0) is 0 Å². The number of nitrogens with two attached hydrogens (primary N) is 1. The molecule has 1 aromatic carbocycles. The largest absolute Gasteiger partial charge is 0.398 e. The third kappa shape index (κ3) is 4.30. The van der Waals surface area contributed by atoms with Gasteiger partial charge in [0.15, 0.2) is 0 Å². The number of benzene rings is 1. The van der Waals surface area contributed by atoms with E-state index >= 15 is 0 Å². The lowest BCUT2D eigenvalue weighted by molar-refractivity contribution is 0.0953. The van der Waals surface area contributed by atoms with Gasteiger partial charge in [-0.05, 0) is 30.4 Å². The van der Waals surface area contributed by atoms with E-state index in [2.05, 4.69) is 19.2 Å². The molecule has 0 spiro atoms. The molecule has 3 N–H and O–H groups in total. The summed E-state index contributed by atoms with van der Waals surface area (Å²) in [6, 6.07) is 5.49. The van der Waals surface area contributed by atoms with Crippen molar-refractivity contribution in [3.05, 3.63) is 23.8 Å². The summed E-state index contributed by atoms with van der Waals surface area (Å²) in [4.78, 5) is 12.8. The van der Waals surface area contributed by atoms with Gasteiger partial charge in [0.05, 0.1) is 0 Å². The number of carbonyl (C=O) groups is 1. The Kier molecular flexibility index (Phi) is 5.91. The number of hydrogen-bond donors (Lipinski definition) is 2. The van der Waals surface area contributed by atoms with Gasteiger partial charge in [0, 0.05) is 22.7 Å². The highest BCUT2D eigenvalue weighted by atomic mass is 32.2. The fourth-order valence-corrected chi connectivity index (χ4v) is 2.16. The average Bonchev–Trinajstić information content (AvgIpc) is 2.32. The molecule has 0 aliphatic heterocycles. The van der Waals surface area contributed by atoms with Gasteiger partial charge in [-0.25, -0.2) is 0 Å². The highest BCUT2D eigenvalue weighted by Crippen LogP contribution is 2.25. The molecule has 0 fully saturated rings. The van der Waals surface area contributed by atoms with Crippen molar-refractivity contribution in [1.82, 2.24) is 5.32 Å². The van der Waals surface area contributed by atoms with Crippen molar-refractivity contribution < 1.29 is 4.79 Å². The van der Waals surface area contributed by atoms with Gasteiger partial charge in [0.1, 0.15) is 0 Å². The van der Waals surface area contributed by atoms with E-state index in [-0.39, 0.29) is 5.91 Å². The first-order valence-corrected chi connectivity index (χ1v) is 6.98. The molecule has 0 heterocycles. The van der Waals surface area contributed by atoms with Crippen molar-refractivity contribution >= 4 is 23.4 Å². The molecule has 0 radical (unpaired) electrons. The maximum Gasteiger partial charge on any atom is 0.251 e. The summed E-state index contributed by atoms with van der Waals surface area (Å²) in [7, 11) is 0. The van der Waals surface area contributed by atoms with E-state index in [1.807, 2.05) is 12.1 Å². The Balaban J connectivity index is 2.65. The van der Waals surface area contributed by atoms with Gasteiger partial charge in [-0.2, -0.15) is 0 Å². The first-order chi connectivity index (χ1) is 8.19. The van der Waals surface area contributed by atoms with Crippen molar-refractivity contribution in [3.8, 4) is 0 Å². The molecule has 0 aliphatic carbocycles. The molecule has 4 heteroatoms. The monoisotopic (exact) mass is 252 g/mol. The third-order valence-electron chi connectivity index (χ3n) is 2.39. The van der Waals surface area contributed by atoms with Crippen LogP contribution in [0.15, 0.2) is 23.1 Å². The summed E-state index contributed by atoms with van der Waals surface area (Å²) in [6.07, 6.45) is 2.08. The van der Waals surface area contributed by atoms with Gasteiger partial charge in [0.2, 0.25) is 0 Å². The minimum Gasteiger partial charge on any atom is -0.398 e. The number of unbranched alkanes of at least 4 members (excludes halogenated alkanes) is 1. The Morgan fingerprint density at radius 3 is 2.76 bits per heavy atom. The van der Waals surface area contributed by atoms with E-state index in [1.54, 1.807) is 17.8 Å². The Morgan fingerprint density at radius 1 is 1.41 bits per heavy atom. The fraction of sp³-hybridized carbons (Fsp3) is 0.462. The lowest BCUT2D eigenvalue weighted by Gasteiger charge is -2.08. The molecule has 0 unspecified atom stereocenters. The Labute approximate surface area is 107 Å². The summed E-state index contributed by atoms with van der Waals surface area (Å²) in [6.45, 7) is 4.90. The molecular weight excluding hydrogens is 232 g/mol. The zero-order valence-electron chi connectivity index (χ0n) is 10.5. The summed E-state index contributed by atoms with van der Waals surface area (Å²) >= 11 is 1.69. The Morgan fingerprint density at radius 2 is 2.18 bits per heavy atom. The lowest BCUT2D eigenvalue weighted by atomic mass is 10.2. The second-order valence-electron chi connectivity index (χ2n) is 3.80. The zero-order valence-corrected chi connectivity index (χ0v) is 11.3. The van der Waals surface area contributed by atoms with Gasteiger partial charge in [-0.15, -0.1) is 11.8 Å². The van der Waals surface area contributed by atoms with Crippen LogP contribution in [0.2, 0.25) is 0 Å². The van der Waals surface area contributed by atoms with E-state index in [1.165, 1.54) is 0 Å². The van der Waals surface area contributed by atoms with E-state index in [0.717, 1.165) is 30.0 Å². The van der Waals surface area contributed by atoms with Crippen LogP contribution in [0.1, 0.15) is 37.0 Å². The first kappa shape index (κ1) is 13.9. The highest BCUT2D eigenvalue weighted by molar-refractivity contribution is 7.99. The van der Waals surface area contributed by atoms with Crippen molar-refractivity contribution in [1.29, 1.82) is 0 Å². The van der Waals surface area contributed by atoms with Gasteiger partial charge < -0.3 is 11.1 Å². The molecule has 3 nitrogen and oxygen atoms in total. The molecule has 1 rings (SSSR count). The molecule has 0 saturated carbocycles. The maximum absolute atomic E-state index is 11.8. The zero-order chi connectivity index (χ0) is 12.7. The number of thioether (sulfide) groups is 1. The standard InChI is InChI=1S/C13H20N2OS/c1-3-5-8-15-13(16)10-6-7-12(17-4-2)11(14)9-10/h6-7,9H,3-5,8,14H2,1-2H3,(H,15,16). The molecular formula is C13H20N2OS. The predicted octanol–water partition coefficient (Wildman–Crippen LogP) is 2.91. The van der Waals surface area contributed by atoms with Crippen LogP contribution in [0.25, 0.3) is 0 Å². The number of anilines is 1. The summed E-state index contributed by atoms with van der Waals surface area (Å²) in [5, 5.41) is 2.88. The quantitative estimate of drug-likeness (QED) is 0.465. The first-order valence-electron chi connectivity index (χ1n) is 5.99. The summed E-state index contributed by atoms with van der Waals surface area (Å²) in [5.41, 5.74) is 7.22. The molecule has 0 saturated heterocycles. The Hall–Kier alpha value is -1.16. The van der Waals surface area contributed by atoms with E-state index < -0.39 is 0 Å². The third-order valence-corrected chi connectivity index (χ3v) is 3.36. The minimum atomic E-state index is -0.0433. The van der Waals surface area contributed by atoms with Crippen LogP contribution in [0.3, 0.4) is 0 Å². The lowest BCUT2D eigenvalue weighted by Crippen LogP contribution is -2.24. The Bertz CT molecular complexity index is 380. The predicted molar refractivity (Wildman–Crippen MR) is 74.5 cm³/mol. The number of nitrogens with one attached hydrogen (secondary N) is 1. The van der Waals surface area contributed by atoms with Crippen molar-refractivity contribution in [2.24, 2.45) is 0 Å². The van der Waals surface area contributed by atoms with Crippen LogP contribution in [0.4, 0.5) is 5.69 Å². The number of amides is 1. The summed E-state index contributed by atoms with van der Waals surface area (Å²) in [5.74, 6) is 0.935. The van der Waals surface area contributed by atoms with Crippen molar-refractivity contribution in [3.63, 3.8) is 0 Å². The SMILES string of the molecule is CCCCNC(=O)c1ccc(SCC)c(N)c1. The van der Waals surface area contributed by atoms with Gasteiger partial charge in [-0.3, -0.25) is 4.79 Å². The van der Waals surface area contributed by atoms with Crippen LogP contribution in [0.5, 0.6) is 0 Å². The smallest absolute Gasteiger partial charge is 0.251 e. The second-order valence-corrected chi connectivity index (χ2v) is 5.10. The van der Waals surface area contributed by atoms with Crippen LogP contribution >= 0.6 is 11.8 Å². The number of rotatable bonds is 6. The molecule has 0 atom stereocenters. The minimum absolute atomic E-state index is 0.0433. The van der Waals surface area contributed by atoms with Gasteiger partial charge in [-0.1, -0.05) is 20.3 Å². The van der Waals surface area contributed by atoms with E-state index in [9.17, 15) is 4.79 Å². The van der Waals surface area contributed by atoms with Crippen LogP contribution in [0, 0.1) is 0 Å². The normalized spacial score (nSPS) is 10.2. The maximum atomic E-state index is 11.8. The second kappa shape index (κ2) is 7.22. The number of carbonyl (C=O) groups excluding carboxylic acids is 1. The van der Waals surface area contributed by atoms with Crippen molar-refractivity contribution in [2.75, 3.05) is 18.0 Å².